The number of aromatic nitrogens is 2. The highest BCUT2D eigenvalue weighted by atomic mass is 16.2. The van der Waals surface area contributed by atoms with E-state index in [0.717, 1.165) is 29.8 Å². The summed E-state index contributed by atoms with van der Waals surface area (Å²) in [6.45, 7) is 3.94. The summed E-state index contributed by atoms with van der Waals surface area (Å²) in [6.07, 6.45) is 4.99. The lowest BCUT2D eigenvalue weighted by Crippen LogP contribution is -2.50. The van der Waals surface area contributed by atoms with E-state index in [0.29, 0.717) is 37.1 Å². The minimum atomic E-state index is -0.632. The Kier molecular flexibility index (Phi) is 6.66. The molecule has 33 heavy (non-hydrogen) atoms. The molecule has 1 aliphatic rings. The molecule has 168 valence electrons. The summed E-state index contributed by atoms with van der Waals surface area (Å²) in [7, 11) is 0. The number of hydrogen-bond donors (Lipinski definition) is 2. The molecule has 0 radical (unpaired) electrons. The first kappa shape index (κ1) is 22.4. The third-order valence-electron chi connectivity index (χ3n) is 6.28. The minimum absolute atomic E-state index is 0.235. The summed E-state index contributed by atoms with van der Waals surface area (Å²) < 4.78 is 1.71. The third-order valence-corrected chi connectivity index (χ3v) is 6.28. The number of imidazole rings is 1. The predicted molar refractivity (Wildman–Crippen MR) is 124 cm³/mol. The number of carbonyl (C=O) groups excluding carboxylic acids is 2. The number of carbonyl (C=O) groups is 2. The summed E-state index contributed by atoms with van der Waals surface area (Å²) >= 11 is 0. The summed E-state index contributed by atoms with van der Waals surface area (Å²) in [5.41, 5.74) is 3.46. The average Bonchev–Trinajstić information content (AvgIpc) is 3.28. The number of hydrogen-bond acceptors (Lipinski definition) is 5. The van der Waals surface area contributed by atoms with Crippen molar-refractivity contribution < 1.29 is 9.59 Å². The number of nitriles is 1. The van der Waals surface area contributed by atoms with Crippen LogP contribution in [0.25, 0.3) is 0 Å². The van der Waals surface area contributed by atoms with Crippen molar-refractivity contribution in [3.05, 3.63) is 89.0 Å². The van der Waals surface area contributed by atoms with E-state index in [1.807, 2.05) is 37.3 Å². The Morgan fingerprint density at radius 2 is 1.91 bits per heavy atom. The van der Waals surface area contributed by atoms with Gasteiger partial charge in [0.05, 0.1) is 29.6 Å². The molecular weight excluding hydrogens is 414 g/mol. The fraction of sp³-hybridized carbons (Fsp3) is 0.308. The standard InChI is InChI=1S/C26H27N5O2/c1-19-3-2-4-22(13-19)14-26(9-11-28-12-10-26)25(33)30-24(32)23-16-29-18-31(23)17-21-7-5-20(15-27)6-8-21/h2-8,13,16,18,28H,9-12,14,17H2,1H3,(H,30,32,33). The Labute approximate surface area is 193 Å². The molecule has 0 atom stereocenters. The highest BCUT2D eigenvalue weighted by molar-refractivity contribution is 6.05. The van der Waals surface area contributed by atoms with E-state index in [4.69, 9.17) is 5.26 Å². The van der Waals surface area contributed by atoms with Crippen LogP contribution < -0.4 is 10.6 Å². The number of imide groups is 1. The first-order valence-electron chi connectivity index (χ1n) is 11.1. The van der Waals surface area contributed by atoms with Crippen LogP contribution in [0.1, 0.15) is 45.6 Å². The minimum Gasteiger partial charge on any atom is -0.322 e. The van der Waals surface area contributed by atoms with Crippen molar-refractivity contribution in [2.45, 2.75) is 32.7 Å². The van der Waals surface area contributed by atoms with E-state index < -0.39 is 11.3 Å². The predicted octanol–water partition coefficient (Wildman–Crippen LogP) is 2.98. The second-order valence-electron chi connectivity index (χ2n) is 8.69. The maximum Gasteiger partial charge on any atom is 0.276 e. The van der Waals surface area contributed by atoms with Crippen LogP contribution in [0, 0.1) is 23.7 Å². The summed E-state index contributed by atoms with van der Waals surface area (Å²) in [5, 5.41) is 14.9. The van der Waals surface area contributed by atoms with Gasteiger partial charge < -0.3 is 9.88 Å². The molecule has 7 nitrogen and oxygen atoms in total. The molecule has 2 heterocycles. The van der Waals surface area contributed by atoms with Crippen molar-refractivity contribution in [2.75, 3.05) is 13.1 Å². The normalized spacial score (nSPS) is 14.9. The van der Waals surface area contributed by atoms with Crippen LogP contribution in [0.3, 0.4) is 0 Å². The van der Waals surface area contributed by atoms with Gasteiger partial charge in [0.15, 0.2) is 0 Å². The van der Waals surface area contributed by atoms with E-state index in [1.54, 1.807) is 23.0 Å². The molecule has 4 rings (SSSR count). The molecule has 1 fully saturated rings. The highest BCUT2D eigenvalue weighted by Crippen LogP contribution is 2.33. The first-order valence-corrected chi connectivity index (χ1v) is 11.1. The zero-order valence-electron chi connectivity index (χ0n) is 18.7. The number of amides is 2. The van der Waals surface area contributed by atoms with Gasteiger partial charge in [-0.05, 0) is 62.5 Å². The molecular formula is C26H27N5O2. The molecule has 0 unspecified atom stereocenters. The Morgan fingerprint density at radius 3 is 2.61 bits per heavy atom. The van der Waals surface area contributed by atoms with Gasteiger partial charge in [-0.25, -0.2) is 4.98 Å². The SMILES string of the molecule is Cc1cccc(CC2(C(=O)NC(=O)c3cncn3Cc3ccc(C#N)cc3)CCNCC2)c1. The van der Waals surface area contributed by atoms with Gasteiger partial charge in [-0.3, -0.25) is 14.9 Å². The summed E-state index contributed by atoms with van der Waals surface area (Å²) in [6, 6.07) is 17.4. The Hall–Kier alpha value is -3.76. The van der Waals surface area contributed by atoms with Crippen LogP contribution in [0.15, 0.2) is 61.1 Å². The lowest BCUT2D eigenvalue weighted by Gasteiger charge is -2.36. The van der Waals surface area contributed by atoms with Crippen molar-refractivity contribution in [1.82, 2.24) is 20.2 Å². The zero-order valence-corrected chi connectivity index (χ0v) is 18.7. The monoisotopic (exact) mass is 441 g/mol. The van der Waals surface area contributed by atoms with Crippen molar-refractivity contribution in [2.24, 2.45) is 5.41 Å². The van der Waals surface area contributed by atoms with Crippen LogP contribution >= 0.6 is 0 Å². The van der Waals surface area contributed by atoms with E-state index in [-0.39, 0.29) is 5.91 Å². The number of nitrogens with zero attached hydrogens (tertiary/aromatic N) is 3. The van der Waals surface area contributed by atoms with Gasteiger partial charge in [0, 0.05) is 6.54 Å². The molecule has 2 amide bonds. The number of nitrogens with one attached hydrogen (secondary N) is 2. The van der Waals surface area contributed by atoms with Gasteiger partial charge in [-0.1, -0.05) is 42.0 Å². The molecule has 0 spiro atoms. The molecule has 0 saturated carbocycles. The van der Waals surface area contributed by atoms with Gasteiger partial charge in [0.25, 0.3) is 5.91 Å². The number of piperidine rings is 1. The molecule has 1 saturated heterocycles. The molecule has 1 aromatic heterocycles. The quantitative estimate of drug-likeness (QED) is 0.573. The lowest BCUT2D eigenvalue weighted by molar-refractivity contribution is -0.131. The maximum absolute atomic E-state index is 13.4. The topological polar surface area (TPSA) is 99.8 Å². The van der Waals surface area contributed by atoms with Gasteiger partial charge in [0.2, 0.25) is 5.91 Å². The van der Waals surface area contributed by atoms with Gasteiger partial charge in [0.1, 0.15) is 5.69 Å². The van der Waals surface area contributed by atoms with Crippen LogP contribution in [0.4, 0.5) is 0 Å². The van der Waals surface area contributed by atoms with E-state index in [2.05, 4.69) is 27.8 Å². The van der Waals surface area contributed by atoms with Crippen LogP contribution in [-0.2, 0) is 17.8 Å². The Balaban J connectivity index is 1.50. The molecule has 7 heteroatoms. The second kappa shape index (κ2) is 9.80. The number of benzene rings is 2. The lowest BCUT2D eigenvalue weighted by atomic mass is 9.73. The number of rotatable bonds is 6. The first-order chi connectivity index (χ1) is 16.0. The Morgan fingerprint density at radius 1 is 1.15 bits per heavy atom. The zero-order chi connectivity index (χ0) is 23.3. The number of aryl methyl sites for hydroxylation is 1. The van der Waals surface area contributed by atoms with Crippen molar-refractivity contribution >= 4 is 11.8 Å². The van der Waals surface area contributed by atoms with Gasteiger partial charge in [-0.2, -0.15) is 5.26 Å². The molecule has 3 aromatic rings. The average molecular weight is 442 g/mol. The van der Waals surface area contributed by atoms with E-state index in [1.165, 1.54) is 6.20 Å². The smallest absolute Gasteiger partial charge is 0.276 e. The van der Waals surface area contributed by atoms with Gasteiger partial charge >= 0.3 is 0 Å². The highest BCUT2D eigenvalue weighted by Gasteiger charge is 2.40. The van der Waals surface area contributed by atoms with E-state index >= 15 is 0 Å². The van der Waals surface area contributed by atoms with Crippen molar-refractivity contribution in [3.8, 4) is 6.07 Å². The fourth-order valence-corrected chi connectivity index (χ4v) is 4.42. The molecule has 1 aliphatic heterocycles. The maximum atomic E-state index is 13.4. The molecule has 0 aliphatic carbocycles. The van der Waals surface area contributed by atoms with Crippen LogP contribution in [0.5, 0.6) is 0 Å². The molecule has 0 bridgehead atoms. The van der Waals surface area contributed by atoms with Crippen LogP contribution in [0.2, 0.25) is 0 Å². The second-order valence-corrected chi connectivity index (χ2v) is 8.69. The molecule has 2 aromatic carbocycles. The third kappa shape index (κ3) is 5.18. The van der Waals surface area contributed by atoms with Gasteiger partial charge in [-0.15, -0.1) is 0 Å². The van der Waals surface area contributed by atoms with Crippen LogP contribution in [-0.4, -0.2) is 34.5 Å². The van der Waals surface area contributed by atoms with Crippen molar-refractivity contribution in [1.29, 1.82) is 5.26 Å². The summed E-state index contributed by atoms with van der Waals surface area (Å²) in [5.74, 6) is -0.685. The fourth-order valence-electron chi connectivity index (χ4n) is 4.42. The molecule has 2 N–H and O–H groups in total. The summed E-state index contributed by atoms with van der Waals surface area (Å²) in [4.78, 5) is 30.6. The Bertz CT molecular complexity index is 1180. The largest absolute Gasteiger partial charge is 0.322 e. The van der Waals surface area contributed by atoms with Crippen molar-refractivity contribution in [3.63, 3.8) is 0 Å². The van der Waals surface area contributed by atoms with E-state index in [9.17, 15) is 9.59 Å².